The number of alkyl halides is 24. The highest BCUT2D eigenvalue weighted by molar-refractivity contribution is 5.09. The summed E-state index contributed by atoms with van der Waals surface area (Å²) in [4.78, 5) is 0. The fourth-order valence-electron chi connectivity index (χ4n) is 0.803. The van der Waals surface area contributed by atoms with Crippen molar-refractivity contribution < 1.29 is 107 Å². The zero-order valence-electron chi connectivity index (χ0n) is 17.8. The second-order valence-electron chi connectivity index (χ2n) is 5.81. The van der Waals surface area contributed by atoms with Crippen molar-refractivity contribution in [2.45, 2.75) is 62.3 Å². The minimum atomic E-state index is -5.07. The molecule has 0 atom stereocenters. The minimum Gasteiger partial charge on any atom is -0.171 e. The average Bonchev–Trinajstić information content (AvgIpc) is 2.59. The lowest BCUT2D eigenvalue weighted by Gasteiger charge is -2.07. The van der Waals surface area contributed by atoms with Crippen LogP contribution >= 0.6 is 0 Å². The fraction of sp³-hybridized carbons (Fsp3) is 0.625. The third-order valence-electron chi connectivity index (χ3n) is 1.96. The van der Waals surface area contributed by atoms with Gasteiger partial charge >= 0.3 is 49.4 Å². The van der Waals surface area contributed by atoms with Crippen molar-refractivity contribution in [3.05, 3.63) is 24.3 Å². The molecule has 0 fully saturated rings. The van der Waals surface area contributed by atoms with E-state index >= 15 is 0 Å². The Bertz CT molecular complexity index is 692. The summed E-state index contributed by atoms with van der Waals surface area (Å²) in [7, 11) is 0. The van der Waals surface area contributed by atoms with E-state index in [1.54, 1.807) is 0 Å². The van der Waals surface area contributed by atoms with Gasteiger partial charge in [0.2, 0.25) is 0 Å². The van der Waals surface area contributed by atoms with Gasteiger partial charge in [0, 0.05) is 37.6 Å². The van der Waals surface area contributed by atoms with Gasteiger partial charge in [-0.1, -0.05) is 0 Å². The monoisotopic (exact) mass is 658 g/mol. The molecule has 0 spiro atoms. The molecule has 0 N–H and O–H groups in total. The van der Waals surface area contributed by atoms with E-state index in [4.69, 9.17) is 0 Å². The summed E-state index contributed by atoms with van der Waals surface area (Å²) in [6, 6.07) is 0. The Balaban J connectivity index is -0.000000139. The molecule has 0 heterocycles. The smallest absolute Gasteiger partial charge is 0.171 e. The molecule has 0 aliphatic heterocycles. The Morgan fingerprint density at radius 1 is 0.325 bits per heavy atom. The van der Waals surface area contributed by atoms with E-state index < -0.39 is 86.6 Å². The molecule has 0 unspecified atom stereocenters. The molecule has 242 valence electrons. The Hall–Kier alpha value is -2.64. The second-order valence-corrected chi connectivity index (χ2v) is 5.81. The molecule has 24 heteroatoms. The van der Waals surface area contributed by atoms with E-state index in [1.807, 2.05) is 0 Å². The van der Waals surface area contributed by atoms with Crippen molar-refractivity contribution in [3.8, 4) is 11.8 Å². The number of allylic oxidation sites excluding steroid dienone is 4. The Morgan fingerprint density at radius 3 is 0.550 bits per heavy atom. The summed E-state index contributed by atoms with van der Waals surface area (Å²) in [5.41, 5.74) is 0. The van der Waals surface area contributed by atoms with Crippen LogP contribution in [-0.2, 0) is 0 Å². The molecule has 0 aliphatic rings. The van der Waals surface area contributed by atoms with Gasteiger partial charge in [-0.2, -0.15) is 105 Å². The van der Waals surface area contributed by atoms with Crippen molar-refractivity contribution >= 4 is 0 Å². The summed E-state index contributed by atoms with van der Waals surface area (Å²) in [5, 5.41) is 0. The zero-order valence-corrected chi connectivity index (χ0v) is 17.8. The van der Waals surface area contributed by atoms with Crippen LogP contribution in [0.25, 0.3) is 0 Å². The number of hydrogen-bond donors (Lipinski definition) is 0. The summed E-state index contributed by atoms with van der Waals surface area (Å²) in [6.45, 7) is 0. The van der Waals surface area contributed by atoms with Crippen LogP contribution in [0.15, 0.2) is 24.3 Å². The molecule has 0 aromatic heterocycles. The van der Waals surface area contributed by atoms with Crippen LogP contribution in [0.1, 0.15) is 14.3 Å². The first kappa shape index (κ1) is 44.4. The normalized spacial score (nSPS) is 13.8. The number of halogens is 24. The summed E-state index contributed by atoms with van der Waals surface area (Å²) < 4.78 is 264. The first-order valence-corrected chi connectivity index (χ1v) is 8.31. The van der Waals surface area contributed by atoms with Crippen molar-refractivity contribution in [1.29, 1.82) is 0 Å². The van der Waals surface area contributed by atoms with Crippen LogP contribution in [0.4, 0.5) is 105 Å². The largest absolute Gasteiger partial charge is 0.457 e. The molecule has 0 saturated carbocycles. The molecule has 0 aromatic carbocycles. The molecule has 0 nitrogen and oxygen atoms in total. The lowest BCUT2D eigenvalue weighted by Crippen LogP contribution is -2.15. The number of rotatable bonds is 1. The third-order valence-corrected chi connectivity index (χ3v) is 1.96. The highest BCUT2D eigenvalue weighted by atomic mass is 19.4. The summed E-state index contributed by atoms with van der Waals surface area (Å²) in [5.74, 6) is 0.174. The van der Waals surface area contributed by atoms with Gasteiger partial charge in [-0.05, 0) is 0 Å². The van der Waals surface area contributed by atoms with Gasteiger partial charge in [-0.25, -0.2) is 0 Å². The van der Waals surface area contributed by atoms with E-state index in [9.17, 15) is 105 Å². The van der Waals surface area contributed by atoms with Crippen LogP contribution in [0.3, 0.4) is 0 Å². The van der Waals surface area contributed by atoms with Crippen LogP contribution in [-0.4, -0.2) is 49.4 Å². The SMILES string of the molecule is FC(F)(F)/C=C/C(F)(F)F.FC(F)(F)/C=C\C(F)(F)F.FC(F)(F)C#CC(F)(F)F.FC(F)(F)CCC(F)(F)F.[HH]. The van der Waals surface area contributed by atoms with Crippen LogP contribution in [0.5, 0.6) is 0 Å². The van der Waals surface area contributed by atoms with Gasteiger partial charge in [0.15, 0.2) is 0 Å². The summed E-state index contributed by atoms with van der Waals surface area (Å²) >= 11 is 0. The van der Waals surface area contributed by atoms with Gasteiger partial charge in [0.05, 0.1) is 12.8 Å². The molecule has 0 radical (unpaired) electrons. The van der Waals surface area contributed by atoms with Gasteiger partial charge in [-0.3, -0.25) is 0 Å². The first-order valence-electron chi connectivity index (χ1n) is 8.31. The van der Waals surface area contributed by atoms with Gasteiger partial charge < -0.3 is 0 Å². The predicted molar refractivity (Wildman–Crippen MR) is 85.8 cm³/mol. The van der Waals surface area contributed by atoms with E-state index in [0.29, 0.717) is 0 Å². The fourth-order valence-corrected chi connectivity index (χ4v) is 0.803. The van der Waals surface area contributed by atoms with E-state index in [-0.39, 0.29) is 13.3 Å². The van der Waals surface area contributed by atoms with E-state index in [0.717, 1.165) is 0 Å². The first-order chi connectivity index (χ1) is 16.8. The summed E-state index contributed by atoms with van der Waals surface area (Å²) in [6.07, 6.45) is -46.2. The Labute approximate surface area is 206 Å². The van der Waals surface area contributed by atoms with Crippen molar-refractivity contribution in [2.24, 2.45) is 0 Å². The van der Waals surface area contributed by atoms with E-state index in [2.05, 4.69) is 0 Å². The average molecular weight is 658 g/mol. The van der Waals surface area contributed by atoms with Crippen LogP contribution in [0.2, 0.25) is 0 Å². The van der Waals surface area contributed by atoms with Crippen molar-refractivity contribution in [2.75, 3.05) is 0 Å². The molecule has 40 heavy (non-hydrogen) atoms. The maximum atomic E-state index is 11.1. The van der Waals surface area contributed by atoms with Crippen molar-refractivity contribution in [3.63, 3.8) is 0 Å². The minimum absolute atomic E-state index is 0. The Kier molecular flexibility index (Phi) is 17.7. The van der Waals surface area contributed by atoms with Gasteiger partial charge in [0.25, 0.3) is 0 Å². The molecule has 0 amide bonds. The number of hydrogen-bond acceptors (Lipinski definition) is 0. The highest BCUT2D eigenvalue weighted by Crippen LogP contribution is 2.29. The Morgan fingerprint density at radius 2 is 0.475 bits per heavy atom. The molecule has 0 aromatic rings. The maximum absolute atomic E-state index is 11.1. The van der Waals surface area contributed by atoms with Crippen LogP contribution < -0.4 is 0 Å². The zero-order chi connectivity index (χ0) is 33.7. The maximum Gasteiger partial charge on any atom is 0.457 e. The third kappa shape index (κ3) is 64.9. The molecule has 0 rings (SSSR count). The molecule has 0 saturated heterocycles. The quantitative estimate of drug-likeness (QED) is 0.150. The lowest BCUT2D eigenvalue weighted by atomic mass is 10.3. The van der Waals surface area contributed by atoms with Gasteiger partial charge in [0.1, 0.15) is 0 Å². The standard InChI is InChI=1S/C4H4F6.2C4H2F6.C4F6.H2/c4*5-3(6,7)1-2-4(8,9)10;/h1-2H2;2*1-2H;;1H/b;2-1+;2-1-;;. The molecule has 0 bridgehead atoms. The van der Waals surface area contributed by atoms with E-state index in [1.165, 1.54) is 0 Å². The molecular weight excluding hydrogens is 648 g/mol. The molecular formula is C16H10F24. The van der Waals surface area contributed by atoms with Gasteiger partial charge in [-0.15, -0.1) is 0 Å². The van der Waals surface area contributed by atoms with Crippen molar-refractivity contribution in [1.82, 2.24) is 0 Å². The molecule has 0 aliphatic carbocycles. The topological polar surface area (TPSA) is 0 Å². The lowest BCUT2D eigenvalue weighted by molar-refractivity contribution is -0.183. The second kappa shape index (κ2) is 16.0. The highest BCUT2D eigenvalue weighted by Gasteiger charge is 2.36. The van der Waals surface area contributed by atoms with Crippen LogP contribution in [0, 0.1) is 11.8 Å². The predicted octanol–water partition coefficient (Wildman–Crippen LogP) is 10.6.